The highest BCUT2D eigenvalue weighted by atomic mass is 16.3. The van der Waals surface area contributed by atoms with Crippen LogP contribution in [0.25, 0.3) is 0 Å². The van der Waals surface area contributed by atoms with Crippen LogP contribution in [0.1, 0.15) is 44.1 Å². The number of hydrogen-bond acceptors (Lipinski definition) is 2. The van der Waals surface area contributed by atoms with Crippen LogP contribution < -0.4 is 0 Å². The van der Waals surface area contributed by atoms with Gasteiger partial charge in [-0.3, -0.25) is 4.68 Å². The van der Waals surface area contributed by atoms with Gasteiger partial charge in [-0.1, -0.05) is 13.8 Å². The fourth-order valence-electron chi connectivity index (χ4n) is 1.64. The smallest absolute Gasteiger partial charge is 0.159 e. The first-order valence-corrected chi connectivity index (χ1v) is 4.86. The largest absolute Gasteiger partial charge is 0.504 e. The third-order valence-corrected chi connectivity index (χ3v) is 2.58. The fraction of sp³-hybridized carbons (Fsp3) is 0.700. The first kappa shape index (κ1) is 10.1. The van der Waals surface area contributed by atoms with E-state index in [9.17, 15) is 5.11 Å². The van der Waals surface area contributed by atoms with Gasteiger partial charge in [-0.05, 0) is 26.7 Å². The van der Waals surface area contributed by atoms with Crippen molar-refractivity contribution in [3.63, 3.8) is 0 Å². The van der Waals surface area contributed by atoms with Crippen molar-refractivity contribution in [2.45, 2.75) is 46.6 Å². The number of hydrogen-bond donors (Lipinski definition) is 1. The molecule has 0 spiro atoms. The van der Waals surface area contributed by atoms with Gasteiger partial charge in [0.1, 0.15) is 5.69 Å². The summed E-state index contributed by atoms with van der Waals surface area (Å²) >= 11 is 0. The van der Waals surface area contributed by atoms with Gasteiger partial charge in [0.05, 0.1) is 11.7 Å². The summed E-state index contributed by atoms with van der Waals surface area (Å²) in [5, 5.41) is 13.9. The van der Waals surface area contributed by atoms with Crippen molar-refractivity contribution < 1.29 is 5.11 Å². The second kappa shape index (κ2) is 3.81. The van der Waals surface area contributed by atoms with Crippen LogP contribution in [0.15, 0.2) is 0 Å². The minimum Gasteiger partial charge on any atom is -0.504 e. The average Bonchev–Trinajstić information content (AvgIpc) is 2.36. The summed E-state index contributed by atoms with van der Waals surface area (Å²) in [5.41, 5.74) is 1.61. The Morgan fingerprint density at radius 2 is 1.85 bits per heavy atom. The molecule has 1 rings (SSSR count). The maximum absolute atomic E-state index is 9.58. The standard InChI is InChI=1S/C10H18N2O/c1-5-9(6-2)12-8(4)10(13)7(3)11-12/h9,13H,5-6H2,1-4H3. The predicted molar refractivity (Wildman–Crippen MR) is 53.0 cm³/mol. The minimum atomic E-state index is 0.340. The third kappa shape index (κ3) is 1.69. The fourth-order valence-corrected chi connectivity index (χ4v) is 1.64. The lowest BCUT2D eigenvalue weighted by Crippen LogP contribution is -2.10. The Balaban J connectivity index is 3.06. The van der Waals surface area contributed by atoms with E-state index in [4.69, 9.17) is 0 Å². The summed E-state index contributed by atoms with van der Waals surface area (Å²) in [5.74, 6) is 0.340. The molecule has 0 aliphatic carbocycles. The molecule has 1 aromatic rings. The normalized spacial score (nSPS) is 11.2. The van der Waals surface area contributed by atoms with Crippen LogP contribution in [0.4, 0.5) is 0 Å². The van der Waals surface area contributed by atoms with Crippen LogP contribution in [-0.4, -0.2) is 14.9 Å². The molecule has 13 heavy (non-hydrogen) atoms. The van der Waals surface area contributed by atoms with Gasteiger partial charge in [0, 0.05) is 0 Å². The SMILES string of the molecule is CCC(CC)n1nc(C)c(O)c1C. The highest BCUT2D eigenvalue weighted by molar-refractivity contribution is 5.30. The molecular formula is C10H18N2O. The first-order valence-electron chi connectivity index (χ1n) is 4.86. The third-order valence-electron chi connectivity index (χ3n) is 2.58. The zero-order valence-electron chi connectivity index (χ0n) is 8.83. The van der Waals surface area contributed by atoms with E-state index in [2.05, 4.69) is 18.9 Å². The molecule has 0 saturated carbocycles. The molecule has 0 bridgehead atoms. The van der Waals surface area contributed by atoms with Crippen LogP contribution in [0.3, 0.4) is 0 Å². The number of aryl methyl sites for hydroxylation is 1. The van der Waals surface area contributed by atoms with E-state index in [0.717, 1.165) is 24.2 Å². The lowest BCUT2D eigenvalue weighted by atomic mass is 10.2. The van der Waals surface area contributed by atoms with Gasteiger partial charge in [0.2, 0.25) is 0 Å². The van der Waals surface area contributed by atoms with Crippen molar-refractivity contribution in [3.8, 4) is 5.75 Å². The van der Waals surface area contributed by atoms with Crippen LogP contribution >= 0.6 is 0 Å². The molecule has 3 nitrogen and oxygen atoms in total. The molecule has 0 unspecified atom stereocenters. The van der Waals surface area contributed by atoms with E-state index in [0.29, 0.717) is 11.8 Å². The molecule has 1 aromatic heterocycles. The van der Waals surface area contributed by atoms with Gasteiger partial charge in [-0.25, -0.2) is 0 Å². The summed E-state index contributed by atoms with van der Waals surface area (Å²) in [7, 11) is 0. The number of nitrogens with zero attached hydrogens (tertiary/aromatic N) is 2. The molecule has 0 aliphatic heterocycles. The highest BCUT2D eigenvalue weighted by Gasteiger charge is 2.15. The van der Waals surface area contributed by atoms with Crippen molar-refractivity contribution in [2.75, 3.05) is 0 Å². The summed E-state index contributed by atoms with van der Waals surface area (Å²) in [6.07, 6.45) is 2.11. The summed E-state index contributed by atoms with van der Waals surface area (Å²) in [6, 6.07) is 0.416. The monoisotopic (exact) mass is 182 g/mol. The molecule has 0 aromatic carbocycles. The summed E-state index contributed by atoms with van der Waals surface area (Å²) < 4.78 is 1.94. The topological polar surface area (TPSA) is 38.0 Å². The molecular weight excluding hydrogens is 164 g/mol. The Kier molecular flexibility index (Phi) is 2.96. The minimum absolute atomic E-state index is 0.340. The van der Waals surface area contributed by atoms with Crippen LogP contribution in [0.5, 0.6) is 5.75 Å². The number of aromatic nitrogens is 2. The molecule has 3 heteroatoms. The zero-order chi connectivity index (χ0) is 10.0. The first-order chi connectivity index (χ1) is 6.11. The molecule has 0 amide bonds. The molecule has 0 atom stereocenters. The van der Waals surface area contributed by atoms with Gasteiger partial charge in [0.25, 0.3) is 0 Å². The zero-order valence-corrected chi connectivity index (χ0v) is 8.83. The van der Waals surface area contributed by atoms with Crippen molar-refractivity contribution >= 4 is 0 Å². The van der Waals surface area contributed by atoms with Crippen LogP contribution in [0, 0.1) is 13.8 Å². The van der Waals surface area contributed by atoms with Crippen LogP contribution in [0.2, 0.25) is 0 Å². The Labute approximate surface area is 79.4 Å². The second-order valence-corrected chi connectivity index (χ2v) is 3.43. The summed E-state index contributed by atoms with van der Waals surface area (Å²) in [6.45, 7) is 8.03. The number of rotatable bonds is 3. The van der Waals surface area contributed by atoms with Crippen molar-refractivity contribution in [2.24, 2.45) is 0 Å². The Morgan fingerprint density at radius 1 is 1.31 bits per heavy atom. The van der Waals surface area contributed by atoms with Crippen molar-refractivity contribution in [3.05, 3.63) is 11.4 Å². The van der Waals surface area contributed by atoms with Gasteiger partial charge >= 0.3 is 0 Å². The highest BCUT2D eigenvalue weighted by Crippen LogP contribution is 2.25. The molecule has 0 aliphatic rings. The van der Waals surface area contributed by atoms with Crippen LogP contribution in [-0.2, 0) is 0 Å². The summed E-state index contributed by atoms with van der Waals surface area (Å²) in [4.78, 5) is 0. The Hall–Kier alpha value is -0.990. The maximum Gasteiger partial charge on any atom is 0.159 e. The molecule has 0 saturated heterocycles. The predicted octanol–water partition coefficient (Wildman–Crippen LogP) is 2.57. The Morgan fingerprint density at radius 3 is 2.15 bits per heavy atom. The van der Waals surface area contributed by atoms with E-state index in [1.54, 1.807) is 0 Å². The van der Waals surface area contributed by atoms with Gasteiger partial charge in [0.15, 0.2) is 5.75 Å². The lowest BCUT2D eigenvalue weighted by molar-refractivity contribution is 0.412. The second-order valence-electron chi connectivity index (χ2n) is 3.43. The van der Waals surface area contributed by atoms with Gasteiger partial charge < -0.3 is 5.11 Å². The number of aromatic hydroxyl groups is 1. The molecule has 0 fully saturated rings. The van der Waals surface area contributed by atoms with E-state index in [-0.39, 0.29) is 0 Å². The molecule has 1 heterocycles. The average molecular weight is 182 g/mol. The maximum atomic E-state index is 9.58. The van der Waals surface area contributed by atoms with Gasteiger partial charge in [-0.15, -0.1) is 0 Å². The van der Waals surface area contributed by atoms with E-state index < -0.39 is 0 Å². The molecule has 1 N–H and O–H groups in total. The Bertz CT molecular complexity index is 287. The van der Waals surface area contributed by atoms with Crippen molar-refractivity contribution in [1.29, 1.82) is 0 Å². The van der Waals surface area contributed by atoms with E-state index >= 15 is 0 Å². The van der Waals surface area contributed by atoms with E-state index in [1.165, 1.54) is 0 Å². The van der Waals surface area contributed by atoms with E-state index in [1.807, 2.05) is 18.5 Å². The lowest BCUT2D eigenvalue weighted by Gasteiger charge is -2.14. The molecule has 74 valence electrons. The van der Waals surface area contributed by atoms with Crippen molar-refractivity contribution in [1.82, 2.24) is 9.78 Å². The quantitative estimate of drug-likeness (QED) is 0.780. The molecule has 0 radical (unpaired) electrons. The van der Waals surface area contributed by atoms with Gasteiger partial charge in [-0.2, -0.15) is 5.10 Å².